The van der Waals surface area contributed by atoms with E-state index in [2.05, 4.69) is 17.0 Å². The van der Waals surface area contributed by atoms with Gasteiger partial charge < -0.3 is 10.1 Å². The van der Waals surface area contributed by atoms with Crippen molar-refractivity contribution in [1.82, 2.24) is 9.78 Å². The van der Waals surface area contributed by atoms with Crippen LogP contribution in [0.1, 0.15) is 12.8 Å². The first-order valence-electron chi connectivity index (χ1n) is 5.35. The number of amides is 1. The van der Waals surface area contributed by atoms with Crippen molar-refractivity contribution in [1.29, 1.82) is 0 Å². The molecular weight excluding hydrogens is 206 g/mol. The number of rotatable bonds is 4. The van der Waals surface area contributed by atoms with Gasteiger partial charge in [-0.1, -0.05) is 6.58 Å². The van der Waals surface area contributed by atoms with Crippen molar-refractivity contribution < 1.29 is 9.53 Å². The molecule has 1 aliphatic rings. The predicted molar refractivity (Wildman–Crippen MR) is 60.0 cm³/mol. The van der Waals surface area contributed by atoms with Gasteiger partial charge in [-0.15, -0.1) is 0 Å². The highest BCUT2D eigenvalue weighted by molar-refractivity contribution is 5.98. The molecule has 86 valence electrons. The summed E-state index contributed by atoms with van der Waals surface area (Å²) in [5.74, 6) is -0.225. The molecule has 1 atom stereocenters. The second-order valence-corrected chi connectivity index (χ2v) is 3.78. The van der Waals surface area contributed by atoms with Crippen molar-refractivity contribution >= 4 is 11.6 Å². The fraction of sp³-hybridized carbons (Fsp3) is 0.455. The Kier molecular flexibility index (Phi) is 3.36. The van der Waals surface area contributed by atoms with Crippen LogP contribution >= 0.6 is 0 Å². The average Bonchev–Trinajstić information content (AvgIpc) is 2.91. The molecule has 1 aromatic rings. The Morgan fingerprint density at radius 1 is 1.81 bits per heavy atom. The normalized spacial score (nSPS) is 19.6. The van der Waals surface area contributed by atoms with Gasteiger partial charge in [0.05, 0.1) is 24.5 Å². The zero-order valence-corrected chi connectivity index (χ0v) is 9.06. The van der Waals surface area contributed by atoms with Crippen LogP contribution < -0.4 is 5.32 Å². The van der Waals surface area contributed by atoms with Crippen LogP contribution in [-0.2, 0) is 16.1 Å². The molecule has 5 heteroatoms. The minimum atomic E-state index is -0.225. The summed E-state index contributed by atoms with van der Waals surface area (Å²) in [5, 5.41) is 6.81. The van der Waals surface area contributed by atoms with Crippen LogP contribution in [0.3, 0.4) is 0 Å². The van der Waals surface area contributed by atoms with Crippen LogP contribution in [0.25, 0.3) is 0 Å². The standard InChI is InChI=1S/C11H15N3O2/c1-2-11(15)13-9-6-12-14(7-9)8-10-4-3-5-16-10/h2,6-7,10H,1,3-5,8H2,(H,13,15)/t10-/m0/s1. The number of hydrogen-bond donors (Lipinski definition) is 1. The molecule has 0 bridgehead atoms. The van der Waals surface area contributed by atoms with Crippen molar-refractivity contribution in [3.05, 3.63) is 25.0 Å². The summed E-state index contributed by atoms with van der Waals surface area (Å²) in [4.78, 5) is 11.0. The summed E-state index contributed by atoms with van der Waals surface area (Å²) < 4.78 is 7.29. The molecule has 2 heterocycles. The second kappa shape index (κ2) is 4.94. The lowest BCUT2D eigenvalue weighted by molar-refractivity contribution is -0.111. The molecule has 2 rings (SSSR count). The van der Waals surface area contributed by atoms with Gasteiger partial charge in [0.15, 0.2) is 0 Å². The Balaban J connectivity index is 1.91. The molecule has 1 aromatic heterocycles. The molecule has 0 aromatic carbocycles. The van der Waals surface area contributed by atoms with E-state index in [9.17, 15) is 4.79 Å². The van der Waals surface area contributed by atoms with Crippen molar-refractivity contribution in [2.24, 2.45) is 0 Å². The number of anilines is 1. The fourth-order valence-corrected chi connectivity index (χ4v) is 1.72. The van der Waals surface area contributed by atoms with Gasteiger partial charge in [0.2, 0.25) is 5.91 Å². The first-order chi connectivity index (χ1) is 7.78. The lowest BCUT2D eigenvalue weighted by atomic mass is 10.2. The number of carbonyl (C=O) groups is 1. The monoisotopic (exact) mass is 221 g/mol. The number of aromatic nitrogens is 2. The van der Waals surface area contributed by atoms with E-state index in [1.165, 1.54) is 6.08 Å². The van der Waals surface area contributed by atoms with Crippen LogP contribution in [0.4, 0.5) is 5.69 Å². The average molecular weight is 221 g/mol. The largest absolute Gasteiger partial charge is 0.376 e. The number of ether oxygens (including phenoxy) is 1. The van der Waals surface area contributed by atoms with E-state index in [0.29, 0.717) is 5.69 Å². The molecule has 5 nitrogen and oxygen atoms in total. The number of nitrogens with zero attached hydrogens (tertiary/aromatic N) is 2. The molecule has 1 amide bonds. The van der Waals surface area contributed by atoms with E-state index < -0.39 is 0 Å². The molecule has 0 aliphatic carbocycles. The minimum Gasteiger partial charge on any atom is -0.376 e. The predicted octanol–water partition coefficient (Wildman–Crippen LogP) is 1.19. The summed E-state index contributed by atoms with van der Waals surface area (Å²) in [5.41, 5.74) is 0.683. The van der Waals surface area contributed by atoms with Gasteiger partial charge in [-0.25, -0.2) is 0 Å². The summed E-state index contributed by atoms with van der Waals surface area (Å²) in [6.07, 6.45) is 7.10. The van der Waals surface area contributed by atoms with E-state index in [1.54, 1.807) is 17.1 Å². The Bertz CT molecular complexity index is 380. The van der Waals surface area contributed by atoms with Crippen LogP contribution in [0.5, 0.6) is 0 Å². The number of nitrogens with one attached hydrogen (secondary N) is 1. The highest BCUT2D eigenvalue weighted by Crippen LogP contribution is 2.14. The van der Waals surface area contributed by atoms with Gasteiger partial charge in [-0.05, 0) is 18.9 Å². The van der Waals surface area contributed by atoms with Crippen molar-refractivity contribution in [3.63, 3.8) is 0 Å². The zero-order chi connectivity index (χ0) is 11.4. The lowest BCUT2D eigenvalue weighted by Crippen LogP contribution is -2.15. The Morgan fingerprint density at radius 2 is 2.69 bits per heavy atom. The number of carbonyl (C=O) groups excluding carboxylic acids is 1. The van der Waals surface area contributed by atoms with Gasteiger partial charge in [0, 0.05) is 12.8 Å². The lowest BCUT2D eigenvalue weighted by Gasteiger charge is -2.08. The fourth-order valence-electron chi connectivity index (χ4n) is 1.72. The van der Waals surface area contributed by atoms with Crippen molar-refractivity contribution in [2.75, 3.05) is 11.9 Å². The van der Waals surface area contributed by atoms with E-state index in [4.69, 9.17) is 4.74 Å². The zero-order valence-electron chi connectivity index (χ0n) is 9.06. The smallest absolute Gasteiger partial charge is 0.247 e. The third-order valence-electron chi connectivity index (χ3n) is 2.50. The summed E-state index contributed by atoms with van der Waals surface area (Å²) in [7, 11) is 0. The molecule has 0 unspecified atom stereocenters. The number of hydrogen-bond acceptors (Lipinski definition) is 3. The Morgan fingerprint density at radius 3 is 3.38 bits per heavy atom. The van der Waals surface area contributed by atoms with Gasteiger partial charge in [-0.2, -0.15) is 5.10 Å². The maximum absolute atomic E-state index is 11.0. The molecule has 1 N–H and O–H groups in total. The molecule has 1 saturated heterocycles. The van der Waals surface area contributed by atoms with E-state index in [1.807, 2.05) is 0 Å². The third kappa shape index (κ3) is 2.70. The SMILES string of the molecule is C=CC(=O)Nc1cnn(C[C@@H]2CCCO2)c1. The van der Waals surface area contributed by atoms with Gasteiger partial charge in [-0.3, -0.25) is 9.48 Å². The molecule has 1 fully saturated rings. The summed E-state index contributed by atoms with van der Waals surface area (Å²) >= 11 is 0. The van der Waals surface area contributed by atoms with Gasteiger partial charge >= 0.3 is 0 Å². The Hall–Kier alpha value is -1.62. The molecule has 1 aliphatic heterocycles. The highest BCUT2D eigenvalue weighted by atomic mass is 16.5. The van der Waals surface area contributed by atoms with E-state index in [-0.39, 0.29) is 12.0 Å². The van der Waals surface area contributed by atoms with Crippen LogP contribution in [0, 0.1) is 0 Å². The second-order valence-electron chi connectivity index (χ2n) is 3.78. The maximum Gasteiger partial charge on any atom is 0.247 e. The molecule has 0 spiro atoms. The topological polar surface area (TPSA) is 56.2 Å². The van der Waals surface area contributed by atoms with Crippen LogP contribution in [-0.4, -0.2) is 28.4 Å². The van der Waals surface area contributed by atoms with Crippen LogP contribution in [0.15, 0.2) is 25.0 Å². The highest BCUT2D eigenvalue weighted by Gasteiger charge is 2.16. The maximum atomic E-state index is 11.0. The first-order valence-corrected chi connectivity index (χ1v) is 5.35. The molecule has 0 radical (unpaired) electrons. The minimum absolute atomic E-state index is 0.225. The van der Waals surface area contributed by atoms with Crippen molar-refractivity contribution in [3.8, 4) is 0 Å². The van der Waals surface area contributed by atoms with Gasteiger partial charge in [0.25, 0.3) is 0 Å². The molecular formula is C11H15N3O2. The quantitative estimate of drug-likeness (QED) is 0.777. The van der Waals surface area contributed by atoms with Crippen LogP contribution in [0.2, 0.25) is 0 Å². The molecule has 16 heavy (non-hydrogen) atoms. The molecule has 0 saturated carbocycles. The van der Waals surface area contributed by atoms with E-state index in [0.717, 1.165) is 26.0 Å². The van der Waals surface area contributed by atoms with Crippen molar-refractivity contribution in [2.45, 2.75) is 25.5 Å². The first kappa shape index (κ1) is 10.9. The summed E-state index contributed by atoms with van der Waals surface area (Å²) in [6.45, 7) is 4.97. The summed E-state index contributed by atoms with van der Waals surface area (Å²) in [6, 6.07) is 0. The van der Waals surface area contributed by atoms with Gasteiger partial charge in [0.1, 0.15) is 0 Å². The third-order valence-corrected chi connectivity index (χ3v) is 2.50. The van der Waals surface area contributed by atoms with E-state index >= 15 is 0 Å². The Labute approximate surface area is 94.1 Å².